The van der Waals surface area contributed by atoms with Gasteiger partial charge in [-0.1, -0.05) is 41.9 Å². The normalized spacial score (nSPS) is 10.9. The molecule has 2 N–H and O–H groups in total. The second-order valence-corrected chi connectivity index (χ2v) is 7.89. The molecule has 0 aliphatic heterocycles. The summed E-state index contributed by atoms with van der Waals surface area (Å²) >= 11 is 7.44. The van der Waals surface area contributed by atoms with Gasteiger partial charge in [-0.05, 0) is 23.8 Å². The Kier molecular flexibility index (Phi) is 6.24. The molecule has 10 heteroatoms. The molecule has 0 unspecified atom stereocenters. The van der Waals surface area contributed by atoms with Crippen LogP contribution in [0.15, 0.2) is 53.9 Å². The largest absolute Gasteiger partial charge is 0.347 e. The monoisotopic (exact) mass is 457 g/mol. The highest BCUT2D eigenvalue weighted by molar-refractivity contribution is 7.15. The van der Waals surface area contributed by atoms with Crippen LogP contribution in [0, 0.1) is 5.82 Å². The molecule has 0 atom stereocenters. The molecule has 2 aromatic heterocycles. The molecule has 0 fully saturated rings. The third-order valence-electron chi connectivity index (χ3n) is 4.50. The molecule has 4 rings (SSSR count). The van der Waals surface area contributed by atoms with Crippen LogP contribution in [-0.4, -0.2) is 33.0 Å². The second kappa shape index (κ2) is 9.23. The maximum atomic E-state index is 13.5. The Bertz CT molecular complexity index is 1260. The second-order valence-electron chi connectivity index (χ2n) is 6.65. The van der Waals surface area contributed by atoms with Gasteiger partial charge in [0.05, 0.1) is 5.69 Å². The number of benzene rings is 2. The molecule has 0 saturated carbocycles. The van der Waals surface area contributed by atoms with Crippen molar-refractivity contribution < 1.29 is 14.0 Å². The van der Waals surface area contributed by atoms with Gasteiger partial charge < -0.3 is 10.6 Å². The zero-order valence-electron chi connectivity index (χ0n) is 16.1. The number of amides is 2. The summed E-state index contributed by atoms with van der Waals surface area (Å²) in [6.07, 6.45) is 0.454. The van der Waals surface area contributed by atoms with Crippen molar-refractivity contribution in [1.82, 2.24) is 25.2 Å². The van der Waals surface area contributed by atoms with Crippen molar-refractivity contribution in [2.45, 2.75) is 13.0 Å². The molecule has 0 aliphatic carbocycles. The van der Waals surface area contributed by atoms with Gasteiger partial charge in [0.1, 0.15) is 5.82 Å². The molecule has 2 amide bonds. The van der Waals surface area contributed by atoms with Crippen LogP contribution in [0.4, 0.5) is 4.39 Å². The fourth-order valence-electron chi connectivity index (χ4n) is 2.93. The lowest BCUT2D eigenvalue weighted by molar-refractivity contribution is -0.139. The molecule has 2 heterocycles. The van der Waals surface area contributed by atoms with E-state index in [1.54, 1.807) is 40.9 Å². The summed E-state index contributed by atoms with van der Waals surface area (Å²) in [6.45, 7) is 0.415. The van der Waals surface area contributed by atoms with Crippen molar-refractivity contribution >= 4 is 39.7 Å². The summed E-state index contributed by atoms with van der Waals surface area (Å²) in [6, 6.07) is 13.2. The Labute approximate surface area is 185 Å². The number of aromatic nitrogens is 3. The van der Waals surface area contributed by atoms with E-state index in [0.29, 0.717) is 27.8 Å². The maximum absolute atomic E-state index is 13.5. The molecular formula is C21H17ClFN5O2S. The molecule has 0 spiro atoms. The minimum absolute atomic E-state index is 0.166. The zero-order valence-corrected chi connectivity index (χ0v) is 17.7. The fourth-order valence-corrected chi connectivity index (χ4v) is 3.99. The lowest BCUT2D eigenvalue weighted by Crippen LogP contribution is -2.40. The van der Waals surface area contributed by atoms with Crippen molar-refractivity contribution in [3.63, 3.8) is 0 Å². The van der Waals surface area contributed by atoms with E-state index < -0.39 is 11.8 Å². The van der Waals surface area contributed by atoms with E-state index in [2.05, 4.69) is 20.7 Å². The molecule has 2 aromatic carbocycles. The maximum Gasteiger partial charge on any atom is 0.309 e. The van der Waals surface area contributed by atoms with Crippen LogP contribution in [0.25, 0.3) is 16.3 Å². The van der Waals surface area contributed by atoms with Crippen molar-refractivity contribution in [3.05, 3.63) is 76.0 Å². The number of halogens is 2. The third kappa shape index (κ3) is 4.89. The lowest BCUT2D eigenvalue weighted by Gasteiger charge is -2.07. The van der Waals surface area contributed by atoms with Gasteiger partial charge in [-0.3, -0.25) is 9.59 Å². The molecule has 0 aliphatic rings. The highest BCUT2D eigenvalue weighted by atomic mass is 35.5. The van der Waals surface area contributed by atoms with E-state index in [0.717, 1.165) is 11.3 Å². The van der Waals surface area contributed by atoms with Gasteiger partial charge in [0.25, 0.3) is 0 Å². The minimum atomic E-state index is -0.732. The Morgan fingerprint density at radius 2 is 1.90 bits per heavy atom. The van der Waals surface area contributed by atoms with E-state index in [-0.39, 0.29) is 18.9 Å². The third-order valence-corrected chi connectivity index (χ3v) is 5.74. The Morgan fingerprint density at radius 1 is 1.10 bits per heavy atom. The van der Waals surface area contributed by atoms with Crippen LogP contribution in [0.5, 0.6) is 0 Å². The van der Waals surface area contributed by atoms with Crippen LogP contribution < -0.4 is 10.6 Å². The predicted molar refractivity (Wildman–Crippen MR) is 116 cm³/mol. The Balaban J connectivity index is 1.32. The number of hydrogen-bond acceptors (Lipinski definition) is 5. The van der Waals surface area contributed by atoms with Crippen molar-refractivity contribution in [2.24, 2.45) is 0 Å². The quantitative estimate of drug-likeness (QED) is 0.435. The van der Waals surface area contributed by atoms with Crippen LogP contribution in [0.3, 0.4) is 0 Å². The Hall–Kier alpha value is -3.30. The standard InChI is InChI=1S/C21H17ClFN5O2S/c22-17-7-2-1-4-14(17)11-25-20(30)19(29)24-9-8-16-12-31-21-26-18(27-28(16)21)13-5-3-6-15(23)10-13/h1-7,10,12H,8-9,11H2,(H,24,29)(H,25,30). The number of hydrogen-bond donors (Lipinski definition) is 2. The van der Waals surface area contributed by atoms with Crippen LogP contribution in [0.2, 0.25) is 5.02 Å². The molecule has 4 aromatic rings. The molecule has 7 nitrogen and oxygen atoms in total. The number of carbonyl (C=O) groups is 2. The van der Waals surface area contributed by atoms with Gasteiger partial charge in [0.15, 0.2) is 5.82 Å². The number of thiazole rings is 1. The average Bonchev–Trinajstić information content (AvgIpc) is 3.34. The highest BCUT2D eigenvalue weighted by Gasteiger charge is 2.15. The summed E-state index contributed by atoms with van der Waals surface area (Å²) in [5.74, 6) is -1.39. The number of nitrogens with zero attached hydrogens (tertiary/aromatic N) is 3. The topological polar surface area (TPSA) is 88.4 Å². The average molecular weight is 458 g/mol. The highest BCUT2D eigenvalue weighted by Crippen LogP contribution is 2.21. The van der Waals surface area contributed by atoms with Crippen molar-refractivity contribution in [3.8, 4) is 11.4 Å². The summed E-state index contributed by atoms with van der Waals surface area (Å²) in [5, 5.41) is 12.0. The van der Waals surface area contributed by atoms with Gasteiger partial charge in [-0.25, -0.2) is 8.91 Å². The Morgan fingerprint density at radius 3 is 2.71 bits per heavy atom. The summed E-state index contributed by atoms with van der Waals surface area (Å²) in [5.41, 5.74) is 2.14. The van der Waals surface area contributed by atoms with Crippen LogP contribution in [-0.2, 0) is 22.6 Å². The van der Waals surface area contributed by atoms with Crippen LogP contribution >= 0.6 is 22.9 Å². The van der Waals surface area contributed by atoms with Crippen molar-refractivity contribution in [2.75, 3.05) is 6.54 Å². The number of rotatable bonds is 6. The van der Waals surface area contributed by atoms with Gasteiger partial charge >= 0.3 is 11.8 Å². The van der Waals surface area contributed by atoms with E-state index >= 15 is 0 Å². The first-order valence-electron chi connectivity index (χ1n) is 9.40. The fraction of sp³-hybridized carbons (Fsp3) is 0.143. The molecule has 31 heavy (non-hydrogen) atoms. The SMILES string of the molecule is O=C(NCCc1csc2nc(-c3cccc(F)c3)nn12)C(=O)NCc1ccccc1Cl. The molecule has 0 radical (unpaired) electrons. The molecule has 158 valence electrons. The molecule has 0 bridgehead atoms. The smallest absolute Gasteiger partial charge is 0.309 e. The van der Waals surface area contributed by atoms with Gasteiger partial charge in [0.2, 0.25) is 4.96 Å². The zero-order chi connectivity index (χ0) is 21.8. The van der Waals surface area contributed by atoms with E-state index in [1.165, 1.54) is 23.5 Å². The van der Waals surface area contributed by atoms with Gasteiger partial charge in [-0.15, -0.1) is 16.4 Å². The van der Waals surface area contributed by atoms with Gasteiger partial charge in [0, 0.05) is 35.5 Å². The number of carbonyl (C=O) groups excluding carboxylic acids is 2. The van der Waals surface area contributed by atoms with E-state index in [9.17, 15) is 14.0 Å². The van der Waals surface area contributed by atoms with Crippen molar-refractivity contribution in [1.29, 1.82) is 0 Å². The van der Waals surface area contributed by atoms with Gasteiger partial charge in [-0.2, -0.15) is 4.98 Å². The summed E-state index contributed by atoms with van der Waals surface area (Å²) in [7, 11) is 0. The first-order valence-corrected chi connectivity index (χ1v) is 10.7. The molecule has 0 saturated heterocycles. The first-order chi connectivity index (χ1) is 15.0. The summed E-state index contributed by atoms with van der Waals surface area (Å²) < 4.78 is 15.1. The van der Waals surface area contributed by atoms with E-state index in [4.69, 9.17) is 11.6 Å². The summed E-state index contributed by atoms with van der Waals surface area (Å²) in [4.78, 5) is 29.1. The molecular weight excluding hydrogens is 441 g/mol. The lowest BCUT2D eigenvalue weighted by atomic mass is 10.2. The number of nitrogens with one attached hydrogen (secondary N) is 2. The number of fused-ring (bicyclic) bond motifs is 1. The van der Waals surface area contributed by atoms with Crippen LogP contribution in [0.1, 0.15) is 11.3 Å². The van der Waals surface area contributed by atoms with E-state index in [1.807, 2.05) is 5.38 Å². The first kappa shape index (κ1) is 21.0. The minimum Gasteiger partial charge on any atom is -0.347 e. The predicted octanol–water partition coefficient (Wildman–Crippen LogP) is 3.23.